The number of carboxylic acid groups (broad SMARTS) is 1. The van der Waals surface area contributed by atoms with E-state index < -0.39 is 5.97 Å². The Balaban J connectivity index is 1.89. The van der Waals surface area contributed by atoms with Crippen molar-refractivity contribution in [2.24, 2.45) is 5.41 Å². The van der Waals surface area contributed by atoms with Crippen LogP contribution >= 0.6 is 0 Å². The van der Waals surface area contributed by atoms with Gasteiger partial charge in [-0.2, -0.15) is 0 Å². The van der Waals surface area contributed by atoms with Gasteiger partial charge in [0.2, 0.25) is 0 Å². The molecule has 1 aliphatic rings. The molecule has 1 atom stereocenters. The van der Waals surface area contributed by atoms with E-state index in [1.807, 2.05) is 6.07 Å². The molecule has 1 aromatic heterocycles. The zero-order valence-corrected chi connectivity index (χ0v) is 12.7. The van der Waals surface area contributed by atoms with Gasteiger partial charge >= 0.3 is 5.97 Å². The van der Waals surface area contributed by atoms with Gasteiger partial charge in [-0.05, 0) is 11.0 Å². The normalized spacial score (nSPS) is 20.1. The summed E-state index contributed by atoms with van der Waals surface area (Å²) in [6.45, 7) is 6.11. The predicted octanol–water partition coefficient (Wildman–Crippen LogP) is 2.80. The molecule has 5 heteroatoms. The van der Waals surface area contributed by atoms with E-state index in [0.29, 0.717) is 11.7 Å². The Morgan fingerprint density at radius 3 is 2.68 bits per heavy atom. The summed E-state index contributed by atoms with van der Waals surface area (Å²) in [4.78, 5) is 21.4. The molecule has 5 nitrogen and oxygen atoms in total. The van der Waals surface area contributed by atoms with E-state index in [1.54, 1.807) is 6.20 Å². The highest BCUT2D eigenvalue weighted by atomic mass is 16.4. The summed E-state index contributed by atoms with van der Waals surface area (Å²) in [7, 11) is 0. The van der Waals surface area contributed by atoms with Gasteiger partial charge in [0, 0.05) is 19.0 Å². The Labute approximate surface area is 129 Å². The summed E-state index contributed by atoms with van der Waals surface area (Å²) in [5, 5.41) is 9.06. The van der Waals surface area contributed by atoms with Crippen LogP contribution in [0.25, 0.3) is 0 Å². The maximum Gasteiger partial charge on any atom is 0.356 e. The van der Waals surface area contributed by atoms with Crippen LogP contribution in [0.3, 0.4) is 0 Å². The second-order valence-electron chi connectivity index (χ2n) is 6.40. The molecule has 2 aromatic rings. The van der Waals surface area contributed by atoms with Crippen molar-refractivity contribution in [2.75, 3.05) is 18.0 Å². The molecule has 3 rings (SSSR count). The first-order valence-corrected chi connectivity index (χ1v) is 7.32. The molecule has 0 amide bonds. The fourth-order valence-electron chi connectivity index (χ4n) is 3.16. The van der Waals surface area contributed by atoms with Crippen LogP contribution in [-0.2, 0) is 0 Å². The minimum absolute atomic E-state index is 0.0153. The standard InChI is InChI=1S/C17H19N3O2/c1-17(2)11-20(10-13(17)12-6-4-3-5-7-12)15-9-18-8-14(19-15)16(21)22/h3-9,13H,10-11H2,1-2H3,(H,21,22)/t13-/m0/s1. The largest absolute Gasteiger partial charge is 0.476 e. The molecule has 1 N–H and O–H groups in total. The summed E-state index contributed by atoms with van der Waals surface area (Å²) >= 11 is 0. The number of carboxylic acids is 1. The number of benzene rings is 1. The van der Waals surface area contributed by atoms with Crippen LogP contribution < -0.4 is 4.90 Å². The van der Waals surface area contributed by atoms with Crippen LogP contribution in [0.2, 0.25) is 0 Å². The predicted molar refractivity (Wildman–Crippen MR) is 84.2 cm³/mol. The minimum Gasteiger partial charge on any atom is -0.476 e. The zero-order valence-electron chi connectivity index (χ0n) is 12.7. The van der Waals surface area contributed by atoms with Crippen LogP contribution in [0.15, 0.2) is 42.7 Å². The van der Waals surface area contributed by atoms with Crippen molar-refractivity contribution in [3.8, 4) is 0 Å². The van der Waals surface area contributed by atoms with Gasteiger partial charge in [0.1, 0.15) is 5.82 Å². The average molecular weight is 297 g/mol. The van der Waals surface area contributed by atoms with E-state index in [0.717, 1.165) is 13.1 Å². The Bertz CT molecular complexity index is 685. The molecule has 0 radical (unpaired) electrons. The molecule has 0 aliphatic carbocycles. The number of carbonyl (C=O) groups is 1. The number of hydrogen-bond donors (Lipinski definition) is 1. The van der Waals surface area contributed by atoms with Gasteiger partial charge in [0.05, 0.1) is 12.4 Å². The Morgan fingerprint density at radius 1 is 1.27 bits per heavy atom. The average Bonchev–Trinajstić information content (AvgIpc) is 2.84. The van der Waals surface area contributed by atoms with Gasteiger partial charge in [-0.1, -0.05) is 44.2 Å². The van der Waals surface area contributed by atoms with E-state index in [4.69, 9.17) is 5.11 Å². The molecule has 0 saturated carbocycles. The van der Waals surface area contributed by atoms with Gasteiger partial charge in [0.15, 0.2) is 5.69 Å². The van der Waals surface area contributed by atoms with Crippen molar-refractivity contribution in [1.82, 2.24) is 9.97 Å². The molecule has 2 heterocycles. The molecule has 114 valence electrons. The van der Waals surface area contributed by atoms with Crippen molar-refractivity contribution >= 4 is 11.8 Å². The lowest BCUT2D eigenvalue weighted by Gasteiger charge is -2.25. The first kappa shape index (κ1) is 14.5. The summed E-state index contributed by atoms with van der Waals surface area (Å²) < 4.78 is 0. The maximum absolute atomic E-state index is 11.1. The molecule has 0 unspecified atom stereocenters. The Kier molecular flexibility index (Phi) is 3.56. The van der Waals surface area contributed by atoms with Crippen LogP contribution in [0.1, 0.15) is 35.8 Å². The second kappa shape index (κ2) is 5.40. The molecule has 0 spiro atoms. The van der Waals surface area contributed by atoms with E-state index in [-0.39, 0.29) is 11.1 Å². The third-order valence-electron chi connectivity index (χ3n) is 4.31. The molecule has 1 aromatic carbocycles. The third-order valence-corrected chi connectivity index (χ3v) is 4.31. The van der Waals surface area contributed by atoms with E-state index >= 15 is 0 Å². The minimum atomic E-state index is -1.05. The molecular formula is C17H19N3O2. The molecular weight excluding hydrogens is 278 g/mol. The fourth-order valence-corrected chi connectivity index (χ4v) is 3.16. The zero-order chi connectivity index (χ0) is 15.7. The second-order valence-corrected chi connectivity index (χ2v) is 6.40. The molecule has 1 fully saturated rings. The lowest BCUT2D eigenvalue weighted by molar-refractivity contribution is 0.0690. The smallest absolute Gasteiger partial charge is 0.356 e. The molecule has 0 bridgehead atoms. The fraction of sp³-hybridized carbons (Fsp3) is 0.353. The van der Waals surface area contributed by atoms with Gasteiger partial charge in [-0.3, -0.25) is 4.98 Å². The van der Waals surface area contributed by atoms with Crippen molar-refractivity contribution < 1.29 is 9.90 Å². The third kappa shape index (κ3) is 2.66. The van der Waals surface area contributed by atoms with Crippen molar-refractivity contribution in [3.63, 3.8) is 0 Å². The van der Waals surface area contributed by atoms with Gasteiger partial charge < -0.3 is 10.0 Å². The highest BCUT2D eigenvalue weighted by Gasteiger charge is 2.40. The van der Waals surface area contributed by atoms with Crippen molar-refractivity contribution in [3.05, 3.63) is 54.0 Å². The molecule has 1 saturated heterocycles. The van der Waals surface area contributed by atoms with Gasteiger partial charge in [-0.15, -0.1) is 0 Å². The van der Waals surface area contributed by atoms with Crippen molar-refractivity contribution in [1.29, 1.82) is 0 Å². The van der Waals surface area contributed by atoms with Gasteiger partial charge in [0.25, 0.3) is 0 Å². The monoisotopic (exact) mass is 297 g/mol. The van der Waals surface area contributed by atoms with Crippen LogP contribution in [-0.4, -0.2) is 34.1 Å². The van der Waals surface area contributed by atoms with Crippen LogP contribution in [0.5, 0.6) is 0 Å². The van der Waals surface area contributed by atoms with Gasteiger partial charge in [-0.25, -0.2) is 9.78 Å². The number of aromatic nitrogens is 2. The summed E-state index contributed by atoms with van der Waals surface area (Å²) in [5.74, 6) is -0.0391. The lowest BCUT2D eigenvalue weighted by atomic mass is 9.78. The quantitative estimate of drug-likeness (QED) is 0.943. The Hall–Kier alpha value is -2.43. The highest BCUT2D eigenvalue weighted by Crippen LogP contribution is 2.43. The number of hydrogen-bond acceptors (Lipinski definition) is 4. The number of rotatable bonds is 3. The van der Waals surface area contributed by atoms with E-state index in [1.165, 1.54) is 11.8 Å². The topological polar surface area (TPSA) is 66.3 Å². The number of nitrogens with zero attached hydrogens (tertiary/aromatic N) is 3. The van der Waals surface area contributed by atoms with E-state index in [2.05, 4.69) is 53.0 Å². The van der Waals surface area contributed by atoms with Crippen LogP contribution in [0.4, 0.5) is 5.82 Å². The lowest BCUT2D eigenvalue weighted by Crippen LogP contribution is -2.24. The summed E-state index contributed by atoms with van der Waals surface area (Å²) in [6, 6.07) is 10.4. The van der Waals surface area contributed by atoms with Crippen LogP contribution in [0, 0.1) is 5.41 Å². The number of aromatic carboxylic acids is 1. The first-order valence-electron chi connectivity index (χ1n) is 7.32. The number of anilines is 1. The molecule has 22 heavy (non-hydrogen) atoms. The first-order chi connectivity index (χ1) is 10.5. The summed E-state index contributed by atoms with van der Waals surface area (Å²) in [5.41, 5.74) is 1.37. The Morgan fingerprint density at radius 2 is 2.00 bits per heavy atom. The SMILES string of the molecule is CC1(C)CN(c2cncc(C(=O)O)n2)C[C@H]1c1ccccc1. The van der Waals surface area contributed by atoms with E-state index in [9.17, 15) is 4.79 Å². The summed E-state index contributed by atoms with van der Waals surface area (Å²) in [6.07, 6.45) is 2.91. The van der Waals surface area contributed by atoms with Crippen molar-refractivity contribution in [2.45, 2.75) is 19.8 Å². The highest BCUT2D eigenvalue weighted by molar-refractivity contribution is 5.85. The molecule has 1 aliphatic heterocycles. The maximum atomic E-state index is 11.1.